The Morgan fingerprint density at radius 1 is 0.828 bits per heavy atom. The Bertz CT molecular complexity index is 750. The minimum Gasteiger partial charge on any atom is -0.490 e. The first-order valence-corrected chi connectivity index (χ1v) is 11.7. The molecule has 0 amide bonds. The van der Waals surface area contributed by atoms with Crippen molar-refractivity contribution < 1.29 is 19.0 Å². The lowest BCUT2D eigenvalue weighted by atomic mass is 10.1. The zero-order valence-electron chi connectivity index (χ0n) is 16.8. The van der Waals surface area contributed by atoms with E-state index in [0.717, 1.165) is 18.6 Å². The van der Waals surface area contributed by atoms with Crippen molar-refractivity contribution in [2.24, 2.45) is 0 Å². The summed E-state index contributed by atoms with van der Waals surface area (Å²) in [5.41, 5.74) is 0.482. The lowest BCUT2D eigenvalue weighted by Gasteiger charge is -2.12. The van der Waals surface area contributed by atoms with Gasteiger partial charge in [-0.2, -0.15) is 0 Å². The quantitative estimate of drug-likeness (QED) is 0.204. The summed E-state index contributed by atoms with van der Waals surface area (Å²) in [5, 5.41) is 0. The third kappa shape index (κ3) is 8.79. The van der Waals surface area contributed by atoms with Crippen LogP contribution in [0, 0.1) is 0 Å². The monoisotopic (exact) mass is 526 g/mol. The molecule has 0 atom stereocenters. The van der Waals surface area contributed by atoms with Gasteiger partial charge in [0.15, 0.2) is 0 Å². The van der Waals surface area contributed by atoms with Gasteiger partial charge >= 0.3 is 5.97 Å². The molecule has 4 nitrogen and oxygen atoms in total. The maximum Gasteiger partial charge on any atom is 0.339 e. The second-order valence-corrected chi connectivity index (χ2v) is 8.38. The normalized spacial score (nSPS) is 10.6. The number of carbonyl (C=O) groups is 1. The molecule has 0 saturated carbocycles. The van der Waals surface area contributed by atoms with Crippen molar-refractivity contribution in [2.45, 2.75) is 45.4 Å². The Balaban J connectivity index is 1.76. The van der Waals surface area contributed by atoms with Gasteiger partial charge in [0, 0.05) is 4.47 Å². The molecule has 0 aliphatic heterocycles. The van der Waals surface area contributed by atoms with Crippen LogP contribution in [0.5, 0.6) is 11.5 Å². The fourth-order valence-electron chi connectivity index (χ4n) is 2.75. The Morgan fingerprint density at radius 2 is 1.52 bits per heavy atom. The van der Waals surface area contributed by atoms with Crippen molar-refractivity contribution in [2.75, 3.05) is 19.8 Å². The van der Waals surface area contributed by atoms with Gasteiger partial charge in [0.2, 0.25) is 0 Å². The van der Waals surface area contributed by atoms with Gasteiger partial charge < -0.3 is 14.2 Å². The van der Waals surface area contributed by atoms with E-state index in [9.17, 15) is 4.79 Å². The number of unbranched alkanes of at least 4 members (excludes halogenated alkanes) is 5. The molecular formula is C23H28Br2O4. The zero-order chi connectivity index (χ0) is 20.9. The lowest BCUT2D eigenvalue weighted by Crippen LogP contribution is -2.10. The number of carbonyl (C=O) groups excluding carboxylic acids is 1. The van der Waals surface area contributed by atoms with E-state index in [2.05, 4.69) is 38.8 Å². The Labute approximate surface area is 190 Å². The highest BCUT2D eigenvalue weighted by Gasteiger charge is 2.15. The molecule has 158 valence electrons. The van der Waals surface area contributed by atoms with Crippen LogP contribution in [0.1, 0.15) is 55.8 Å². The first-order valence-electron chi connectivity index (χ1n) is 10.1. The number of hydrogen-bond acceptors (Lipinski definition) is 4. The Morgan fingerprint density at radius 3 is 2.28 bits per heavy atom. The standard InChI is InChI=1S/C23H28Br2O4/c1-2-3-4-5-6-10-13-29-23(26)19-16-21(25)22(17-20(19)24)28-15-14-27-18-11-8-7-9-12-18/h7-9,11-12,16-17H,2-6,10,13-15H2,1H3. The Hall–Kier alpha value is -1.53. The molecule has 29 heavy (non-hydrogen) atoms. The van der Waals surface area contributed by atoms with Crippen LogP contribution >= 0.6 is 31.9 Å². The third-order valence-electron chi connectivity index (χ3n) is 4.33. The number of hydrogen-bond donors (Lipinski definition) is 0. The first kappa shape index (κ1) is 23.7. The predicted octanol–water partition coefficient (Wildman–Crippen LogP) is 7.19. The second-order valence-electron chi connectivity index (χ2n) is 6.68. The molecule has 2 rings (SSSR count). The number of para-hydroxylation sites is 1. The van der Waals surface area contributed by atoms with Crippen LogP contribution in [0.3, 0.4) is 0 Å². The maximum atomic E-state index is 12.3. The van der Waals surface area contributed by atoms with E-state index in [0.29, 0.717) is 40.1 Å². The van der Waals surface area contributed by atoms with E-state index in [4.69, 9.17) is 14.2 Å². The van der Waals surface area contributed by atoms with E-state index in [1.807, 2.05) is 30.3 Å². The average Bonchev–Trinajstić information content (AvgIpc) is 2.73. The van der Waals surface area contributed by atoms with Gasteiger partial charge in [0.05, 0.1) is 16.6 Å². The summed E-state index contributed by atoms with van der Waals surface area (Å²) in [7, 11) is 0. The summed E-state index contributed by atoms with van der Waals surface area (Å²) in [6.07, 6.45) is 6.94. The highest BCUT2D eigenvalue weighted by Crippen LogP contribution is 2.32. The molecule has 0 radical (unpaired) electrons. The van der Waals surface area contributed by atoms with Crippen molar-refractivity contribution in [1.29, 1.82) is 0 Å². The molecule has 0 aliphatic rings. The van der Waals surface area contributed by atoms with Crippen LogP contribution in [0.25, 0.3) is 0 Å². The summed E-state index contributed by atoms with van der Waals surface area (Å²) in [4.78, 5) is 12.3. The molecule has 0 unspecified atom stereocenters. The molecular weight excluding hydrogens is 500 g/mol. The fraction of sp³-hybridized carbons (Fsp3) is 0.435. The van der Waals surface area contributed by atoms with Gasteiger partial charge in [-0.1, -0.05) is 57.2 Å². The van der Waals surface area contributed by atoms with Gasteiger partial charge in [0.25, 0.3) is 0 Å². The highest BCUT2D eigenvalue weighted by atomic mass is 79.9. The van der Waals surface area contributed by atoms with Crippen LogP contribution < -0.4 is 9.47 Å². The van der Waals surface area contributed by atoms with Gasteiger partial charge in [-0.25, -0.2) is 4.79 Å². The topological polar surface area (TPSA) is 44.8 Å². The predicted molar refractivity (Wildman–Crippen MR) is 123 cm³/mol. The third-order valence-corrected chi connectivity index (χ3v) is 5.60. The van der Waals surface area contributed by atoms with Crippen LogP contribution in [0.15, 0.2) is 51.4 Å². The molecule has 0 spiro atoms. The fourth-order valence-corrected chi connectivity index (χ4v) is 3.69. The summed E-state index contributed by atoms with van der Waals surface area (Å²) < 4.78 is 18.1. The van der Waals surface area contributed by atoms with Gasteiger partial charge in [-0.3, -0.25) is 0 Å². The molecule has 0 saturated heterocycles. The number of halogens is 2. The van der Waals surface area contributed by atoms with E-state index in [1.165, 1.54) is 25.7 Å². The molecule has 0 aromatic heterocycles. The summed E-state index contributed by atoms with van der Waals surface area (Å²) in [6, 6.07) is 13.1. The average molecular weight is 528 g/mol. The SMILES string of the molecule is CCCCCCCCOC(=O)c1cc(Br)c(OCCOc2ccccc2)cc1Br. The number of rotatable bonds is 13. The lowest BCUT2D eigenvalue weighted by molar-refractivity contribution is 0.0496. The van der Waals surface area contributed by atoms with Crippen molar-refractivity contribution in [3.05, 3.63) is 57.0 Å². The second kappa shape index (κ2) is 13.6. The number of ether oxygens (including phenoxy) is 3. The van der Waals surface area contributed by atoms with Gasteiger partial charge in [-0.05, 0) is 62.5 Å². The summed E-state index contributed by atoms with van der Waals surface area (Å²) >= 11 is 6.92. The molecule has 0 bridgehead atoms. The van der Waals surface area contributed by atoms with Crippen molar-refractivity contribution in [3.8, 4) is 11.5 Å². The van der Waals surface area contributed by atoms with Crippen LogP contribution in [-0.4, -0.2) is 25.8 Å². The zero-order valence-corrected chi connectivity index (χ0v) is 20.0. The van der Waals surface area contributed by atoms with Gasteiger partial charge in [-0.15, -0.1) is 0 Å². The smallest absolute Gasteiger partial charge is 0.339 e. The van der Waals surface area contributed by atoms with Crippen molar-refractivity contribution in [1.82, 2.24) is 0 Å². The molecule has 0 N–H and O–H groups in total. The molecule has 0 heterocycles. The van der Waals surface area contributed by atoms with Crippen LogP contribution in [-0.2, 0) is 4.74 Å². The van der Waals surface area contributed by atoms with E-state index in [1.54, 1.807) is 12.1 Å². The minimum absolute atomic E-state index is 0.329. The molecule has 0 aliphatic carbocycles. The summed E-state index contributed by atoms with van der Waals surface area (Å²) in [6.45, 7) is 3.47. The molecule has 2 aromatic rings. The van der Waals surface area contributed by atoms with Crippen LogP contribution in [0.4, 0.5) is 0 Å². The molecule has 6 heteroatoms. The maximum absolute atomic E-state index is 12.3. The first-order chi connectivity index (χ1) is 14.1. The van der Waals surface area contributed by atoms with Gasteiger partial charge in [0.1, 0.15) is 24.7 Å². The van der Waals surface area contributed by atoms with Crippen molar-refractivity contribution >= 4 is 37.8 Å². The van der Waals surface area contributed by atoms with E-state index >= 15 is 0 Å². The van der Waals surface area contributed by atoms with E-state index in [-0.39, 0.29) is 5.97 Å². The molecule has 2 aromatic carbocycles. The number of benzene rings is 2. The van der Waals surface area contributed by atoms with Crippen LogP contribution in [0.2, 0.25) is 0 Å². The largest absolute Gasteiger partial charge is 0.490 e. The summed E-state index contributed by atoms with van der Waals surface area (Å²) in [5.74, 6) is 1.12. The highest BCUT2D eigenvalue weighted by molar-refractivity contribution is 9.11. The minimum atomic E-state index is -0.329. The molecule has 0 fully saturated rings. The van der Waals surface area contributed by atoms with E-state index < -0.39 is 0 Å². The van der Waals surface area contributed by atoms with Crippen molar-refractivity contribution in [3.63, 3.8) is 0 Å². The number of esters is 1. The Kier molecular flexibility index (Phi) is 11.2.